The molecule has 0 bridgehead atoms. The van der Waals surface area contributed by atoms with Gasteiger partial charge < -0.3 is 20.1 Å². The quantitative estimate of drug-likeness (QED) is 0.443. The minimum absolute atomic E-state index is 0.140. The summed E-state index contributed by atoms with van der Waals surface area (Å²) in [5.41, 5.74) is 2.54. The number of benzene rings is 2. The van der Waals surface area contributed by atoms with Crippen molar-refractivity contribution >= 4 is 57.3 Å². The van der Waals surface area contributed by atoms with Gasteiger partial charge in [0.15, 0.2) is 16.6 Å². The van der Waals surface area contributed by atoms with Crippen molar-refractivity contribution in [2.24, 2.45) is 0 Å². The molecule has 3 N–H and O–H groups in total. The molecule has 3 amide bonds. The summed E-state index contributed by atoms with van der Waals surface area (Å²) in [5.74, 6) is 1.37. The fourth-order valence-electron chi connectivity index (χ4n) is 2.92. The molecule has 0 aliphatic carbocycles. The third-order valence-electron chi connectivity index (χ3n) is 4.38. The number of nitrogens with zero attached hydrogens (tertiary/aromatic N) is 1. The predicted octanol–water partition coefficient (Wildman–Crippen LogP) is 3.95. The maximum atomic E-state index is 12.5. The van der Waals surface area contributed by atoms with Crippen LogP contribution in [-0.2, 0) is 15.3 Å². The summed E-state index contributed by atoms with van der Waals surface area (Å²) in [6.07, 6.45) is 0. The van der Waals surface area contributed by atoms with Gasteiger partial charge in [0.2, 0.25) is 18.6 Å². The first-order valence-electron chi connectivity index (χ1n) is 9.87. The van der Waals surface area contributed by atoms with Crippen LogP contribution in [0.15, 0.2) is 47.8 Å². The van der Waals surface area contributed by atoms with Gasteiger partial charge in [-0.15, -0.1) is 23.1 Å². The Labute approximate surface area is 197 Å². The number of hydrogen-bond donors (Lipinski definition) is 3. The number of carbonyl (C=O) groups is 3. The fourth-order valence-corrected chi connectivity index (χ4v) is 4.45. The summed E-state index contributed by atoms with van der Waals surface area (Å²) in [5, 5.41) is 10.6. The normalized spacial score (nSPS) is 11.7. The molecule has 1 aromatic heterocycles. The SMILES string of the molecule is CC(=O)Nc1ccc(NC(=O)CSCc2csc(NC(=O)c3ccc4c(c3)OCO4)n2)cc1. The molecule has 2 heterocycles. The number of nitrogens with one attached hydrogen (secondary N) is 3. The number of rotatable bonds is 8. The van der Waals surface area contributed by atoms with E-state index in [1.165, 1.54) is 30.0 Å². The van der Waals surface area contributed by atoms with Gasteiger partial charge in [0.25, 0.3) is 5.91 Å². The standard InChI is InChI=1S/C22H20N4O5S2/c1-13(27)23-15-3-5-16(6-4-15)24-20(28)11-32-9-17-10-33-22(25-17)26-21(29)14-2-7-18-19(8-14)31-12-30-18/h2-8,10H,9,11-12H2,1H3,(H,23,27)(H,24,28)(H,25,26,29). The van der Waals surface area contributed by atoms with Crippen LogP contribution in [0.4, 0.5) is 16.5 Å². The molecule has 3 aromatic rings. The predicted molar refractivity (Wildman–Crippen MR) is 128 cm³/mol. The Morgan fingerprint density at radius 3 is 2.48 bits per heavy atom. The highest BCUT2D eigenvalue weighted by Gasteiger charge is 2.17. The van der Waals surface area contributed by atoms with Gasteiger partial charge in [0.1, 0.15) is 0 Å². The average Bonchev–Trinajstić information content (AvgIpc) is 3.43. The molecule has 0 atom stereocenters. The molecule has 0 spiro atoms. The van der Waals surface area contributed by atoms with Gasteiger partial charge in [-0.05, 0) is 42.5 Å². The number of ether oxygens (including phenoxy) is 2. The minimum Gasteiger partial charge on any atom is -0.454 e. The molecule has 0 saturated carbocycles. The maximum Gasteiger partial charge on any atom is 0.257 e. The van der Waals surface area contributed by atoms with Gasteiger partial charge in [-0.3, -0.25) is 19.7 Å². The molecule has 33 heavy (non-hydrogen) atoms. The molecular formula is C22H20N4O5S2. The maximum absolute atomic E-state index is 12.5. The van der Waals surface area contributed by atoms with E-state index in [4.69, 9.17) is 9.47 Å². The molecule has 2 aromatic carbocycles. The van der Waals surface area contributed by atoms with Gasteiger partial charge in [0.05, 0.1) is 11.4 Å². The van der Waals surface area contributed by atoms with E-state index in [1.54, 1.807) is 42.5 Å². The Kier molecular flexibility index (Phi) is 7.10. The van der Waals surface area contributed by atoms with Crippen LogP contribution in [0.25, 0.3) is 0 Å². The topological polar surface area (TPSA) is 119 Å². The monoisotopic (exact) mass is 484 g/mol. The Balaban J connectivity index is 1.21. The van der Waals surface area contributed by atoms with E-state index in [9.17, 15) is 14.4 Å². The Morgan fingerprint density at radius 1 is 1.00 bits per heavy atom. The highest BCUT2D eigenvalue weighted by atomic mass is 32.2. The second-order valence-electron chi connectivity index (χ2n) is 6.97. The molecule has 0 unspecified atom stereocenters. The van der Waals surface area contributed by atoms with Crippen LogP contribution < -0.4 is 25.4 Å². The highest BCUT2D eigenvalue weighted by molar-refractivity contribution is 7.99. The van der Waals surface area contributed by atoms with E-state index in [0.717, 1.165) is 5.69 Å². The lowest BCUT2D eigenvalue weighted by molar-refractivity contribution is -0.114. The minimum atomic E-state index is -0.286. The Bertz CT molecular complexity index is 1180. The van der Waals surface area contributed by atoms with Gasteiger partial charge in [-0.1, -0.05) is 0 Å². The van der Waals surface area contributed by atoms with Crippen molar-refractivity contribution in [3.05, 3.63) is 59.1 Å². The molecule has 0 saturated heterocycles. The second kappa shape index (κ2) is 10.4. The van der Waals surface area contributed by atoms with Crippen molar-refractivity contribution in [2.45, 2.75) is 12.7 Å². The third kappa shape index (κ3) is 6.24. The Morgan fingerprint density at radius 2 is 1.73 bits per heavy atom. The fraction of sp³-hybridized carbons (Fsp3) is 0.182. The molecule has 0 radical (unpaired) electrons. The van der Waals surface area contributed by atoms with Gasteiger partial charge >= 0.3 is 0 Å². The lowest BCUT2D eigenvalue weighted by atomic mass is 10.2. The van der Waals surface area contributed by atoms with Gasteiger partial charge in [-0.25, -0.2) is 4.98 Å². The first-order chi connectivity index (χ1) is 16.0. The average molecular weight is 485 g/mol. The summed E-state index contributed by atoms with van der Waals surface area (Å²) < 4.78 is 10.5. The van der Waals surface area contributed by atoms with Crippen molar-refractivity contribution in [2.75, 3.05) is 28.5 Å². The summed E-state index contributed by atoms with van der Waals surface area (Å²) >= 11 is 2.74. The van der Waals surface area contributed by atoms with E-state index < -0.39 is 0 Å². The number of carbonyl (C=O) groups excluding carboxylic acids is 3. The number of amides is 3. The van der Waals surface area contributed by atoms with E-state index >= 15 is 0 Å². The second-order valence-corrected chi connectivity index (χ2v) is 8.81. The van der Waals surface area contributed by atoms with Crippen molar-refractivity contribution in [1.82, 2.24) is 4.98 Å². The smallest absolute Gasteiger partial charge is 0.257 e. The van der Waals surface area contributed by atoms with Crippen LogP contribution >= 0.6 is 23.1 Å². The van der Waals surface area contributed by atoms with E-state index in [-0.39, 0.29) is 30.3 Å². The number of thiazole rings is 1. The molecular weight excluding hydrogens is 464 g/mol. The largest absolute Gasteiger partial charge is 0.454 e. The molecule has 4 rings (SSSR count). The van der Waals surface area contributed by atoms with Crippen LogP contribution in [0.1, 0.15) is 23.0 Å². The van der Waals surface area contributed by atoms with Crippen molar-refractivity contribution in [1.29, 1.82) is 0 Å². The van der Waals surface area contributed by atoms with Crippen LogP contribution in [-0.4, -0.2) is 35.3 Å². The lowest BCUT2D eigenvalue weighted by Crippen LogP contribution is -2.14. The van der Waals surface area contributed by atoms with Crippen LogP contribution in [0.2, 0.25) is 0 Å². The Hall–Kier alpha value is -3.57. The summed E-state index contributed by atoms with van der Waals surface area (Å²) in [7, 11) is 0. The zero-order valence-corrected chi connectivity index (χ0v) is 19.2. The van der Waals surface area contributed by atoms with Crippen LogP contribution in [0.3, 0.4) is 0 Å². The summed E-state index contributed by atoms with van der Waals surface area (Å²) in [6, 6.07) is 11.9. The van der Waals surface area contributed by atoms with Gasteiger partial charge in [-0.2, -0.15) is 0 Å². The number of aromatic nitrogens is 1. The van der Waals surface area contributed by atoms with Crippen molar-refractivity contribution in [3.63, 3.8) is 0 Å². The summed E-state index contributed by atoms with van der Waals surface area (Å²) in [6.45, 7) is 1.59. The zero-order valence-electron chi connectivity index (χ0n) is 17.5. The number of thioether (sulfide) groups is 1. The van der Waals surface area contributed by atoms with Gasteiger partial charge in [0, 0.05) is 35.0 Å². The zero-order chi connectivity index (χ0) is 23.2. The number of anilines is 3. The molecule has 9 nitrogen and oxygen atoms in total. The highest BCUT2D eigenvalue weighted by Crippen LogP contribution is 2.32. The molecule has 170 valence electrons. The van der Waals surface area contributed by atoms with E-state index in [1.807, 2.05) is 5.38 Å². The molecule has 0 fully saturated rings. The summed E-state index contributed by atoms with van der Waals surface area (Å²) in [4.78, 5) is 40.1. The molecule has 1 aliphatic heterocycles. The first kappa shape index (κ1) is 22.6. The first-order valence-corrected chi connectivity index (χ1v) is 11.9. The van der Waals surface area contributed by atoms with Crippen molar-refractivity contribution < 1.29 is 23.9 Å². The molecule has 11 heteroatoms. The van der Waals surface area contributed by atoms with Crippen LogP contribution in [0, 0.1) is 0 Å². The lowest BCUT2D eigenvalue weighted by Gasteiger charge is -2.06. The van der Waals surface area contributed by atoms with Crippen molar-refractivity contribution in [3.8, 4) is 11.5 Å². The van der Waals surface area contributed by atoms with E-state index in [0.29, 0.717) is 39.3 Å². The van der Waals surface area contributed by atoms with E-state index in [2.05, 4.69) is 20.9 Å². The number of fused-ring (bicyclic) bond motifs is 1. The molecule has 1 aliphatic rings. The number of hydrogen-bond acceptors (Lipinski definition) is 8. The third-order valence-corrected chi connectivity index (χ3v) is 6.15. The van der Waals surface area contributed by atoms with Crippen LogP contribution in [0.5, 0.6) is 11.5 Å².